The first-order valence-electron chi connectivity index (χ1n) is 11.3. The lowest BCUT2D eigenvalue weighted by molar-refractivity contribution is -0.117. The van der Waals surface area contributed by atoms with Gasteiger partial charge in [-0.3, -0.25) is 19.0 Å². The molecule has 11 heteroatoms. The van der Waals surface area contributed by atoms with Gasteiger partial charge >= 0.3 is 0 Å². The molecule has 1 saturated carbocycles. The minimum Gasteiger partial charge on any atom is -0.493 e. The molecule has 10 nitrogen and oxygen atoms in total. The van der Waals surface area contributed by atoms with Gasteiger partial charge in [-0.2, -0.15) is 0 Å². The van der Waals surface area contributed by atoms with Crippen LogP contribution in [0.3, 0.4) is 0 Å². The van der Waals surface area contributed by atoms with Gasteiger partial charge in [-0.25, -0.2) is 9.97 Å². The average molecular weight is 493 g/mol. The Morgan fingerprint density at radius 1 is 1.20 bits per heavy atom. The summed E-state index contributed by atoms with van der Waals surface area (Å²) in [5, 5.41) is 9.31. The van der Waals surface area contributed by atoms with Crippen molar-refractivity contribution in [3.63, 3.8) is 0 Å². The van der Waals surface area contributed by atoms with Crippen LogP contribution in [0.25, 0.3) is 0 Å². The number of aryl methyl sites for hydroxylation is 1. The van der Waals surface area contributed by atoms with Gasteiger partial charge in [-0.1, -0.05) is 11.6 Å². The van der Waals surface area contributed by atoms with E-state index in [1.54, 1.807) is 37.3 Å². The number of nitrogens with one attached hydrogen (secondary N) is 3. The maximum Gasteiger partial charge on any atom is 0.277 e. The van der Waals surface area contributed by atoms with Gasteiger partial charge in [-0.15, -0.1) is 0 Å². The van der Waals surface area contributed by atoms with Gasteiger partial charge in [0, 0.05) is 29.0 Å². The molecule has 3 aliphatic rings. The Morgan fingerprint density at radius 3 is 2.80 bits per heavy atom. The van der Waals surface area contributed by atoms with Crippen molar-refractivity contribution in [2.75, 3.05) is 17.2 Å². The molecule has 1 aliphatic carbocycles. The number of carbonyl (C=O) groups excluding carboxylic acids is 2. The molecule has 3 aromatic rings. The van der Waals surface area contributed by atoms with E-state index in [0.29, 0.717) is 46.6 Å². The molecule has 1 aromatic carbocycles. The van der Waals surface area contributed by atoms with Gasteiger partial charge in [0.25, 0.3) is 11.5 Å². The van der Waals surface area contributed by atoms with Crippen molar-refractivity contribution >= 4 is 40.7 Å². The highest BCUT2D eigenvalue weighted by atomic mass is 35.5. The van der Waals surface area contributed by atoms with Crippen molar-refractivity contribution in [2.45, 2.75) is 31.8 Å². The van der Waals surface area contributed by atoms with Gasteiger partial charge in [-0.05, 0) is 49.6 Å². The third kappa shape index (κ3) is 3.52. The number of rotatable bonds is 4. The lowest BCUT2D eigenvalue weighted by Gasteiger charge is -2.37. The lowest BCUT2D eigenvalue weighted by atomic mass is 9.93. The molecule has 0 saturated heterocycles. The number of ether oxygens (including phenoxy) is 1. The van der Waals surface area contributed by atoms with Crippen LogP contribution in [-0.2, 0) is 10.5 Å². The topological polar surface area (TPSA) is 127 Å². The van der Waals surface area contributed by atoms with Gasteiger partial charge in [0.15, 0.2) is 5.66 Å². The summed E-state index contributed by atoms with van der Waals surface area (Å²) >= 11 is 6.27. The summed E-state index contributed by atoms with van der Waals surface area (Å²) in [7, 11) is 0. The van der Waals surface area contributed by atoms with Crippen molar-refractivity contribution in [2.24, 2.45) is 5.92 Å². The molecule has 6 rings (SSSR count). The fraction of sp³-hybridized carbons (Fsp3) is 0.292. The number of hydrogen-bond acceptors (Lipinski definition) is 7. The number of anilines is 3. The Labute approximate surface area is 204 Å². The number of hydrogen-bond donors (Lipinski definition) is 3. The largest absolute Gasteiger partial charge is 0.493 e. The summed E-state index contributed by atoms with van der Waals surface area (Å²) in [6.45, 7) is 2.09. The van der Waals surface area contributed by atoms with Crippen LogP contribution < -0.4 is 26.2 Å². The fourth-order valence-corrected chi connectivity index (χ4v) is 4.92. The van der Waals surface area contributed by atoms with Crippen molar-refractivity contribution in [3.05, 3.63) is 68.9 Å². The first-order chi connectivity index (χ1) is 16.9. The molecule has 0 radical (unpaired) electrons. The number of benzene rings is 1. The van der Waals surface area contributed by atoms with E-state index in [9.17, 15) is 14.4 Å². The second kappa shape index (κ2) is 7.81. The van der Waals surface area contributed by atoms with E-state index in [2.05, 4.69) is 25.9 Å². The van der Waals surface area contributed by atoms with Crippen LogP contribution in [0.2, 0.25) is 5.02 Å². The SMILES string of the molecule is Cc1cc(Nc2cc(NC(=O)C3CC3)ncn2)c(=O)n2c1C(=O)NC21CCOc2ccc(Cl)cc21. The number of amides is 2. The number of pyridine rings is 1. The molecule has 35 heavy (non-hydrogen) atoms. The molecule has 0 bridgehead atoms. The zero-order valence-electron chi connectivity index (χ0n) is 18.7. The zero-order chi connectivity index (χ0) is 24.3. The van der Waals surface area contributed by atoms with E-state index in [4.69, 9.17) is 16.3 Å². The fourth-order valence-electron chi connectivity index (χ4n) is 4.74. The van der Waals surface area contributed by atoms with Crippen LogP contribution in [0.5, 0.6) is 5.75 Å². The van der Waals surface area contributed by atoms with Gasteiger partial charge in [0.05, 0.1) is 6.61 Å². The first-order valence-corrected chi connectivity index (χ1v) is 11.7. The smallest absolute Gasteiger partial charge is 0.277 e. The summed E-state index contributed by atoms with van der Waals surface area (Å²) in [4.78, 5) is 47.2. The van der Waals surface area contributed by atoms with Crippen LogP contribution in [0.15, 0.2) is 41.5 Å². The highest BCUT2D eigenvalue weighted by Crippen LogP contribution is 2.42. The summed E-state index contributed by atoms with van der Waals surface area (Å²) in [6, 6.07) is 8.34. The highest BCUT2D eigenvalue weighted by molar-refractivity contribution is 6.30. The van der Waals surface area contributed by atoms with E-state index in [1.807, 2.05) is 0 Å². The van der Waals surface area contributed by atoms with Crippen LogP contribution >= 0.6 is 11.6 Å². The van der Waals surface area contributed by atoms with Crippen LogP contribution in [0, 0.1) is 12.8 Å². The van der Waals surface area contributed by atoms with E-state index in [-0.39, 0.29) is 29.1 Å². The third-order valence-corrected chi connectivity index (χ3v) is 6.78. The molecule has 2 aromatic heterocycles. The monoisotopic (exact) mass is 492 g/mol. The van der Waals surface area contributed by atoms with Crippen molar-refractivity contribution < 1.29 is 14.3 Å². The van der Waals surface area contributed by atoms with Gasteiger partial charge < -0.3 is 20.7 Å². The number of halogens is 1. The minimum atomic E-state index is -1.13. The molecule has 1 fully saturated rings. The van der Waals surface area contributed by atoms with Gasteiger partial charge in [0.2, 0.25) is 5.91 Å². The van der Waals surface area contributed by atoms with E-state index < -0.39 is 11.2 Å². The molecule has 2 amide bonds. The predicted octanol–water partition coefficient (Wildman–Crippen LogP) is 2.92. The molecule has 3 N–H and O–H groups in total. The quantitative estimate of drug-likeness (QED) is 0.511. The summed E-state index contributed by atoms with van der Waals surface area (Å²) in [5.74, 6) is 0.854. The average Bonchev–Trinajstić information content (AvgIpc) is 3.63. The van der Waals surface area contributed by atoms with E-state index in [0.717, 1.165) is 12.8 Å². The van der Waals surface area contributed by atoms with E-state index in [1.165, 1.54) is 10.9 Å². The van der Waals surface area contributed by atoms with E-state index >= 15 is 0 Å². The Morgan fingerprint density at radius 2 is 2.00 bits per heavy atom. The van der Waals surface area contributed by atoms with Crippen LogP contribution in [0.1, 0.15) is 40.9 Å². The molecular formula is C24H21ClN6O4. The molecule has 1 unspecified atom stereocenters. The second-order valence-electron chi connectivity index (χ2n) is 8.96. The molecule has 1 spiro atoms. The predicted molar refractivity (Wildman–Crippen MR) is 128 cm³/mol. The third-order valence-electron chi connectivity index (χ3n) is 6.55. The Hall–Kier alpha value is -3.92. The molecule has 178 valence electrons. The van der Waals surface area contributed by atoms with Crippen LogP contribution in [-0.4, -0.2) is 33.0 Å². The normalized spacial score (nSPS) is 20.0. The maximum atomic E-state index is 13.8. The molecule has 4 heterocycles. The molecular weight excluding hydrogens is 472 g/mol. The Balaban J connectivity index is 1.43. The first kappa shape index (κ1) is 21.6. The molecule has 1 atom stereocenters. The Bertz CT molecular complexity index is 1470. The summed E-state index contributed by atoms with van der Waals surface area (Å²) in [6.07, 6.45) is 3.42. The number of aromatic nitrogens is 3. The summed E-state index contributed by atoms with van der Waals surface area (Å²) in [5.41, 5.74) is 0.226. The number of nitrogens with zero attached hydrogens (tertiary/aromatic N) is 3. The zero-order valence-corrected chi connectivity index (χ0v) is 19.5. The molecule has 2 aliphatic heterocycles. The highest BCUT2D eigenvalue weighted by Gasteiger charge is 2.49. The number of fused-ring (bicyclic) bond motifs is 4. The van der Waals surface area contributed by atoms with Crippen molar-refractivity contribution in [3.8, 4) is 5.75 Å². The standard InChI is InChI=1S/C24H21ClN6O4/c1-12-8-16(28-18-10-19(27-11-26-18)29-21(32)13-2-3-13)23(34)31-20(12)22(33)30-24(31)6-7-35-17-5-4-14(25)9-15(17)24/h4-5,8-11,13H,2-3,6-7H2,1H3,(H,30,33)(H2,26,27,28,29,32). The Kier molecular flexibility index (Phi) is 4.82. The minimum absolute atomic E-state index is 0.0301. The summed E-state index contributed by atoms with van der Waals surface area (Å²) < 4.78 is 7.27. The van der Waals surface area contributed by atoms with Crippen molar-refractivity contribution in [1.82, 2.24) is 19.9 Å². The van der Waals surface area contributed by atoms with Gasteiger partial charge in [0.1, 0.15) is 35.1 Å². The number of carbonyl (C=O) groups is 2. The maximum absolute atomic E-state index is 13.8. The lowest BCUT2D eigenvalue weighted by Crippen LogP contribution is -2.51. The van der Waals surface area contributed by atoms with Crippen LogP contribution in [0.4, 0.5) is 17.3 Å². The van der Waals surface area contributed by atoms with Crippen molar-refractivity contribution in [1.29, 1.82) is 0 Å². The second-order valence-corrected chi connectivity index (χ2v) is 9.40.